The van der Waals surface area contributed by atoms with Crippen LogP contribution in [0.15, 0.2) is 53.7 Å². The molecule has 0 N–H and O–H groups in total. The van der Waals surface area contributed by atoms with Crippen molar-refractivity contribution in [3.05, 3.63) is 60.0 Å². The molecule has 158 valence electrons. The summed E-state index contributed by atoms with van der Waals surface area (Å²) in [6.45, 7) is -0.490. The Kier molecular flexibility index (Phi) is 4.92. The second kappa shape index (κ2) is 7.31. The maximum atomic E-state index is 12.6. The first-order chi connectivity index (χ1) is 14.1. The van der Waals surface area contributed by atoms with Crippen molar-refractivity contribution in [1.29, 1.82) is 0 Å². The molecule has 0 spiro atoms. The van der Waals surface area contributed by atoms with E-state index in [1.165, 1.54) is 18.3 Å². The van der Waals surface area contributed by atoms with Crippen molar-refractivity contribution < 1.29 is 26.3 Å². The predicted molar refractivity (Wildman–Crippen MR) is 102 cm³/mol. The van der Waals surface area contributed by atoms with E-state index in [1.54, 1.807) is 35.1 Å². The molecule has 3 aromatic rings. The van der Waals surface area contributed by atoms with Crippen LogP contribution in [0.2, 0.25) is 0 Å². The van der Waals surface area contributed by atoms with Crippen LogP contribution in [0.4, 0.5) is 19.0 Å². The lowest BCUT2D eigenvalue weighted by atomic mass is 10.2. The van der Waals surface area contributed by atoms with E-state index in [9.17, 15) is 21.6 Å². The van der Waals surface area contributed by atoms with E-state index in [0.29, 0.717) is 24.6 Å². The first-order valence-corrected chi connectivity index (χ1v) is 10.8. The Morgan fingerprint density at radius 2 is 1.87 bits per heavy atom. The number of ether oxygens (including phenoxy) is 1. The number of benzene rings is 1. The Morgan fingerprint density at radius 1 is 1.10 bits per heavy atom. The Balaban J connectivity index is 1.59. The second-order valence-electron chi connectivity index (χ2n) is 6.88. The molecule has 11 heteroatoms. The second-order valence-corrected chi connectivity index (χ2v) is 8.90. The molecule has 0 aliphatic carbocycles. The third kappa shape index (κ3) is 4.11. The zero-order valence-electron chi connectivity index (χ0n) is 15.8. The summed E-state index contributed by atoms with van der Waals surface area (Å²) in [5.74, 6) is 0.668. The highest BCUT2D eigenvalue weighted by molar-refractivity contribution is 7.90. The van der Waals surface area contributed by atoms with Crippen LogP contribution in [-0.4, -0.2) is 42.2 Å². The van der Waals surface area contributed by atoms with Gasteiger partial charge < -0.3 is 9.64 Å². The summed E-state index contributed by atoms with van der Waals surface area (Å²) < 4.78 is 67.5. The normalized spacial score (nSPS) is 14.1. The number of para-hydroxylation sites is 2. The van der Waals surface area contributed by atoms with E-state index < -0.39 is 22.6 Å². The van der Waals surface area contributed by atoms with Gasteiger partial charge in [0.05, 0.1) is 23.3 Å². The van der Waals surface area contributed by atoms with Crippen molar-refractivity contribution in [2.45, 2.75) is 24.2 Å². The van der Waals surface area contributed by atoms with Crippen LogP contribution in [-0.2, 0) is 22.9 Å². The van der Waals surface area contributed by atoms with Gasteiger partial charge in [0.2, 0.25) is 0 Å². The van der Waals surface area contributed by atoms with Gasteiger partial charge in [0, 0.05) is 24.6 Å². The summed E-state index contributed by atoms with van der Waals surface area (Å²) in [5.41, 5.74) is 2.10. The third-order valence-electron chi connectivity index (χ3n) is 4.61. The molecule has 7 nitrogen and oxygen atoms in total. The van der Waals surface area contributed by atoms with Crippen LogP contribution in [0.1, 0.15) is 11.3 Å². The monoisotopic (exact) mass is 438 g/mol. The van der Waals surface area contributed by atoms with Gasteiger partial charge in [-0.2, -0.15) is 18.3 Å². The summed E-state index contributed by atoms with van der Waals surface area (Å²) in [5, 5.41) is 4.32. The lowest BCUT2D eigenvalue weighted by Gasteiger charge is -2.18. The number of alkyl halides is 3. The molecular weight excluding hydrogens is 421 g/mol. The number of aromatic nitrogens is 3. The molecule has 3 heterocycles. The highest BCUT2D eigenvalue weighted by Crippen LogP contribution is 2.32. The fraction of sp³-hybridized carbons (Fsp3) is 0.263. The van der Waals surface area contributed by atoms with Gasteiger partial charge in [0.1, 0.15) is 17.3 Å². The molecule has 0 unspecified atom stereocenters. The van der Waals surface area contributed by atoms with Crippen molar-refractivity contribution in [3.63, 3.8) is 0 Å². The number of halogens is 3. The number of sulfone groups is 1. The molecule has 0 saturated carbocycles. The van der Waals surface area contributed by atoms with Crippen LogP contribution in [0.5, 0.6) is 5.75 Å². The molecule has 2 aromatic heterocycles. The maximum absolute atomic E-state index is 12.6. The molecule has 30 heavy (non-hydrogen) atoms. The van der Waals surface area contributed by atoms with Gasteiger partial charge in [0.15, 0.2) is 16.4 Å². The average molecular weight is 438 g/mol. The summed E-state index contributed by atoms with van der Waals surface area (Å²) in [6.07, 6.45) is -0.372. The first-order valence-electron chi connectivity index (χ1n) is 8.87. The van der Waals surface area contributed by atoms with Gasteiger partial charge in [0.25, 0.3) is 0 Å². The average Bonchev–Trinajstić information content (AvgIpc) is 3.26. The van der Waals surface area contributed by atoms with Crippen molar-refractivity contribution >= 4 is 15.7 Å². The van der Waals surface area contributed by atoms with E-state index in [4.69, 9.17) is 4.74 Å². The maximum Gasteiger partial charge on any atom is 0.422 e. The van der Waals surface area contributed by atoms with Gasteiger partial charge in [-0.15, -0.1) is 0 Å². The predicted octanol–water partition coefficient (Wildman–Crippen LogP) is 3.13. The lowest BCUT2D eigenvalue weighted by Crippen LogP contribution is -2.20. The van der Waals surface area contributed by atoms with Crippen LogP contribution >= 0.6 is 0 Å². The Bertz CT molecular complexity index is 1170. The number of rotatable bonds is 5. The van der Waals surface area contributed by atoms with E-state index in [0.717, 1.165) is 17.5 Å². The Morgan fingerprint density at radius 3 is 2.53 bits per heavy atom. The van der Waals surface area contributed by atoms with Crippen LogP contribution < -0.4 is 9.64 Å². The number of hydrogen-bond acceptors (Lipinski definition) is 6. The van der Waals surface area contributed by atoms with Gasteiger partial charge in [-0.1, -0.05) is 12.1 Å². The highest BCUT2D eigenvalue weighted by Gasteiger charge is 2.30. The van der Waals surface area contributed by atoms with E-state index in [-0.39, 0.29) is 10.6 Å². The van der Waals surface area contributed by atoms with Crippen LogP contribution in [0.25, 0.3) is 5.69 Å². The van der Waals surface area contributed by atoms with Gasteiger partial charge in [-0.05, 0) is 24.3 Å². The molecule has 0 saturated heterocycles. The molecule has 4 rings (SSSR count). The molecule has 1 aromatic carbocycles. The van der Waals surface area contributed by atoms with Gasteiger partial charge in [-0.25, -0.2) is 18.1 Å². The molecule has 1 aliphatic rings. The van der Waals surface area contributed by atoms with Gasteiger partial charge in [-0.3, -0.25) is 0 Å². The Labute approximate surface area is 170 Å². The van der Waals surface area contributed by atoms with Crippen molar-refractivity contribution in [3.8, 4) is 11.4 Å². The lowest BCUT2D eigenvalue weighted by molar-refractivity contribution is -0.153. The van der Waals surface area contributed by atoms with Crippen molar-refractivity contribution in [2.24, 2.45) is 0 Å². The molecule has 0 radical (unpaired) electrons. The fourth-order valence-corrected chi connectivity index (χ4v) is 3.77. The summed E-state index contributed by atoms with van der Waals surface area (Å²) in [7, 11) is -3.34. The molecule has 0 bridgehead atoms. The van der Waals surface area contributed by atoms with E-state index in [2.05, 4.69) is 10.1 Å². The van der Waals surface area contributed by atoms with E-state index in [1.807, 2.05) is 4.90 Å². The molecule has 0 amide bonds. The standard InChI is InChI=1S/C19H17F3N4O3S/c1-30(27,28)14-6-7-18(23-9-14)25-10-13-8-24-26(16(13)11-25)15-4-2-3-5-17(15)29-12-19(20,21)22/h2-9H,10-12H2,1H3. The fourth-order valence-electron chi connectivity index (χ4n) is 3.21. The smallest absolute Gasteiger partial charge is 0.422 e. The van der Waals surface area contributed by atoms with Gasteiger partial charge >= 0.3 is 6.18 Å². The molecule has 0 fully saturated rings. The quantitative estimate of drug-likeness (QED) is 0.609. The summed E-state index contributed by atoms with van der Waals surface area (Å²) in [6, 6.07) is 9.52. The van der Waals surface area contributed by atoms with Crippen molar-refractivity contribution in [2.75, 3.05) is 17.8 Å². The molecule has 0 atom stereocenters. The van der Waals surface area contributed by atoms with Crippen LogP contribution in [0.3, 0.4) is 0 Å². The number of nitrogens with zero attached hydrogens (tertiary/aromatic N) is 4. The van der Waals surface area contributed by atoms with Crippen molar-refractivity contribution in [1.82, 2.24) is 14.8 Å². The number of anilines is 1. The molecular formula is C19H17F3N4O3S. The SMILES string of the molecule is CS(=O)(=O)c1ccc(N2Cc3cnn(-c4ccccc4OCC(F)(F)F)c3C2)nc1. The van der Waals surface area contributed by atoms with Crippen LogP contribution in [0, 0.1) is 0 Å². The minimum Gasteiger partial charge on any atom is -0.482 e. The highest BCUT2D eigenvalue weighted by atomic mass is 32.2. The van der Waals surface area contributed by atoms with E-state index >= 15 is 0 Å². The zero-order chi connectivity index (χ0) is 21.5. The summed E-state index contributed by atoms with van der Waals surface area (Å²) in [4.78, 5) is 6.29. The zero-order valence-corrected chi connectivity index (χ0v) is 16.6. The number of pyridine rings is 1. The molecule has 1 aliphatic heterocycles. The third-order valence-corrected chi connectivity index (χ3v) is 5.71. The largest absolute Gasteiger partial charge is 0.482 e. The first kappa shape index (κ1) is 20.2. The number of hydrogen-bond donors (Lipinski definition) is 0. The summed E-state index contributed by atoms with van der Waals surface area (Å²) >= 11 is 0. The topological polar surface area (TPSA) is 77.3 Å². The Hall–Kier alpha value is -3.08. The number of fused-ring (bicyclic) bond motifs is 1. The minimum atomic E-state index is -4.44. The minimum absolute atomic E-state index is 0.0785.